The van der Waals surface area contributed by atoms with E-state index >= 15 is 0 Å². The molecule has 2 aromatic carbocycles. The number of nitrogens with zero attached hydrogens (tertiary/aromatic N) is 1. The molecule has 1 aliphatic rings. The predicted molar refractivity (Wildman–Crippen MR) is 176 cm³/mol. The van der Waals surface area contributed by atoms with Crippen LogP contribution in [0, 0.1) is 5.92 Å². The summed E-state index contributed by atoms with van der Waals surface area (Å²) < 4.78 is 6.57. The van der Waals surface area contributed by atoms with E-state index in [-0.39, 0.29) is 23.0 Å². The van der Waals surface area contributed by atoms with Crippen LogP contribution in [0.2, 0.25) is 0 Å². The topological polar surface area (TPSA) is 29.5 Å². The second kappa shape index (κ2) is 17.6. The zero-order valence-corrected chi connectivity index (χ0v) is 26.5. The van der Waals surface area contributed by atoms with Gasteiger partial charge in [0.05, 0.1) is 6.04 Å². The molecule has 3 rings (SSSR count). The Morgan fingerprint density at radius 1 is 0.875 bits per heavy atom. The van der Waals surface area contributed by atoms with E-state index < -0.39 is 5.60 Å². The van der Waals surface area contributed by atoms with Gasteiger partial charge in [0.15, 0.2) is 5.60 Å². The Morgan fingerprint density at radius 3 is 1.98 bits per heavy atom. The van der Waals surface area contributed by atoms with Crippen LogP contribution in [0.25, 0.3) is 0 Å². The summed E-state index contributed by atoms with van der Waals surface area (Å²) >= 11 is 7.85. The Balaban J connectivity index is 1.49. The van der Waals surface area contributed by atoms with E-state index in [0.29, 0.717) is 6.42 Å². The molecule has 5 heteroatoms. The molecule has 1 unspecified atom stereocenters. The van der Waals surface area contributed by atoms with Crippen LogP contribution in [0.3, 0.4) is 0 Å². The van der Waals surface area contributed by atoms with Crippen molar-refractivity contribution in [2.24, 2.45) is 5.92 Å². The number of hydrogen-bond acceptors (Lipinski definition) is 4. The smallest absolute Gasteiger partial charge is 0.267 e. The normalized spacial score (nSPS) is 16.6. The lowest BCUT2D eigenvalue weighted by atomic mass is 9.75. The van der Waals surface area contributed by atoms with Crippen LogP contribution >= 0.6 is 24.0 Å². The Labute approximate surface area is 253 Å². The van der Waals surface area contributed by atoms with Gasteiger partial charge in [-0.15, -0.1) is 0 Å². The molecule has 1 saturated heterocycles. The molecular weight excluding hydrogens is 531 g/mol. The predicted octanol–water partition coefficient (Wildman–Crippen LogP) is 9.70. The molecule has 0 saturated carbocycles. The zero-order valence-electron chi connectivity index (χ0n) is 24.9. The molecule has 40 heavy (non-hydrogen) atoms. The third-order valence-corrected chi connectivity index (χ3v) is 9.14. The Kier molecular flexibility index (Phi) is 14.3. The van der Waals surface area contributed by atoms with Crippen LogP contribution in [0.5, 0.6) is 0 Å². The first-order chi connectivity index (χ1) is 19.5. The van der Waals surface area contributed by atoms with E-state index in [1.54, 1.807) is 4.90 Å². The third-order valence-electron chi connectivity index (χ3n) is 7.71. The number of rotatable bonds is 18. The summed E-state index contributed by atoms with van der Waals surface area (Å²) in [5.74, 6) is 2.75. The number of ether oxygens (including phenoxy) is 1. The molecule has 0 aromatic heterocycles. The second-order valence-corrected chi connectivity index (χ2v) is 12.8. The summed E-state index contributed by atoms with van der Waals surface area (Å²) in [7, 11) is 0. The number of amides is 1. The van der Waals surface area contributed by atoms with Gasteiger partial charge in [0.25, 0.3) is 5.17 Å². The van der Waals surface area contributed by atoms with Crippen molar-refractivity contribution in [2.75, 3.05) is 11.5 Å². The van der Waals surface area contributed by atoms with Crippen molar-refractivity contribution in [3.63, 3.8) is 0 Å². The highest BCUT2D eigenvalue weighted by Crippen LogP contribution is 2.47. The first kappa shape index (κ1) is 32.4. The molecule has 0 N–H and O–H groups in total. The standard InChI is InChI=1S/C35H49NO2S2/c1-4-5-6-11-20-27-40-28-21-12-9-7-8-10-19-26-32(37)36-33(29(2)3)35(38-34(36)39,30-22-15-13-16-23-30)31-24-17-14-18-25-31/h10,13-19,22-25,29,33H,4-9,11-12,20-21,26-28H2,1-3H3. The van der Waals surface area contributed by atoms with Crippen LogP contribution in [0.1, 0.15) is 103 Å². The van der Waals surface area contributed by atoms with Gasteiger partial charge in [0.2, 0.25) is 5.91 Å². The van der Waals surface area contributed by atoms with Crippen molar-refractivity contribution in [2.45, 2.75) is 103 Å². The Morgan fingerprint density at radius 2 is 1.43 bits per heavy atom. The van der Waals surface area contributed by atoms with Crippen molar-refractivity contribution >= 4 is 35.1 Å². The highest BCUT2D eigenvalue weighted by molar-refractivity contribution is 7.99. The van der Waals surface area contributed by atoms with Crippen molar-refractivity contribution in [1.82, 2.24) is 4.90 Å². The molecule has 218 valence electrons. The first-order valence-corrected chi connectivity index (χ1v) is 17.0. The number of benzene rings is 2. The molecule has 0 bridgehead atoms. The summed E-state index contributed by atoms with van der Waals surface area (Å²) in [5, 5.41) is 0.267. The fourth-order valence-electron chi connectivity index (χ4n) is 5.69. The Hall–Kier alpha value is -2.11. The van der Waals surface area contributed by atoms with Crippen LogP contribution in [0.4, 0.5) is 0 Å². The number of thiocarbonyl (C=S) groups is 1. The monoisotopic (exact) mass is 579 g/mol. The van der Waals surface area contributed by atoms with Gasteiger partial charge in [0.1, 0.15) is 0 Å². The van der Waals surface area contributed by atoms with Crippen molar-refractivity contribution < 1.29 is 9.53 Å². The van der Waals surface area contributed by atoms with Crippen molar-refractivity contribution in [3.05, 3.63) is 83.9 Å². The molecule has 1 aliphatic heterocycles. The van der Waals surface area contributed by atoms with Gasteiger partial charge in [-0.3, -0.25) is 9.69 Å². The lowest BCUT2D eigenvalue weighted by Gasteiger charge is -2.38. The largest absolute Gasteiger partial charge is 0.452 e. The number of hydrogen-bond donors (Lipinski definition) is 0. The van der Waals surface area contributed by atoms with Crippen molar-refractivity contribution in [1.29, 1.82) is 0 Å². The second-order valence-electron chi connectivity index (χ2n) is 11.2. The maximum atomic E-state index is 13.6. The fraction of sp³-hybridized carbons (Fsp3) is 0.543. The molecule has 1 heterocycles. The van der Waals surface area contributed by atoms with Gasteiger partial charge < -0.3 is 4.74 Å². The summed E-state index contributed by atoms with van der Waals surface area (Å²) in [6.07, 6.45) is 17.4. The van der Waals surface area contributed by atoms with Gasteiger partial charge in [-0.05, 0) is 55.3 Å². The minimum absolute atomic E-state index is 0.000376. The average molecular weight is 580 g/mol. The van der Waals surface area contributed by atoms with Gasteiger partial charge >= 0.3 is 0 Å². The van der Waals surface area contributed by atoms with E-state index in [0.717, 1.165) is 17.5 Å². The Bertz CT molecular complexity index is 998. The number of unbranched alkanes of at least 4 members (excludes halogenated alkanes) is 8. The molecule has 1 amide bonds. The van der Waals surface area contributed by atoms with E-state index in [1.807, 2.05) is 42.5 Å². The number of carbonyl (C=O) groups is 1. The molecule has 0 spiro atoms. The molecule has 0 radical (unpaired) electrons. The maximum Gasteiger partial charge on any atom is 0.267 e. The molecule has 2 aromatic rings. The summed E-state index contributed by atoms with van der Waals surface area (Å²) in [5.41, 5.74) is 1.19. The third kappa shape index (κ3) is 8.94. The van der Waals surface area contributed by atoms with Crippen molar-refractivity contribution in [3.8, 4) is 0 Å². The van der Waals surface area contributed by atoms with Crippen LogP contribution in [0.15, 0.2) is 72.8 Å². The quantitative estimate of drug-likeness (QED) is 0.0999. The fourth-order valence-corrected chi connectivity index (χ4v) is 7.06. The van der Waals surface area contributed by atoms with Crippen LogP contribution in [-0.2, 0) is 15.1 Å². The van der Waals surface area contributed by atoms with Gasteiger partial charge in [-0.25, -0.2) is 0 Å². The number of allylic oxidation sites excluding steroid dienone is 1. The van der Waals surface area contributed by atoms with Gasteiger partial charge in [0, 0.05) is 17.5 Å². The SMILES string of the molecule is CCCCCCCSCCCCCCC=CCC(=O)N1C(=S)OC(c2ccccc2)(c2ccccc2)C1C(C)C. The number of thioether (sulfide) groups is 1. The van der Waals surface area contributed by atoms with Crippen LogP contribution in [-0.4, -0.2) is 33.5 Å². The lowest BCUT2D eigenvalue weighted by Crippen LogP contribution is -2.49. The minimum Gasteiger partial charge on any atom is -0.452 e. The minimum atomic E-state index is -0.833. The molecule has 0 aliphatic carbocycles. The van der Waals surface area contributed by atoms with E-state index in [1.165, 1.54) is 69.3 Å². The van der Waals surface area contributed by atoms with Gasteiger partial charge in [-0.2, -0.15) is 11.8 Å². The highest BCUT2D eigenvalue weighted by atomic mass is 32.2. The summed E-state index contributed by atoms with van der Waals surface area (Å²) in [6, 6.07) is 20.1. The molecular formula is C35H49NO2S2. The first-order valence-electron chi connectivity index (χ1n) is 15.4. The molecule has 1 fully saturated rings. The van der Waals surface area contributed by atoms with Gasteiger partial charge in [-0.1, -0.05) is 132 Å². The highest BCUT2D eigenvalue weighted by Gasteiger charge is 2.57. The zero-order chi connectivity index (χ0) is 28.6. The molecule has 1 atom stereocenters. The summed E-state index contributed by atoms with van der Waals surface area (Å²) in [6.45, 7) is 6.56. The van der Waals surface area contributed by atoms with Crippen LogP contribution < -0.4 is 0 Å². The van der Waals surface area contributed by atoms with E-state index in [9.17, 15) is 4.79 Å². The number of carbonyl (C=O) groups excluding carboxylic acids is 1. The maximum absolute atomic E-state index is 13.6. The molecule has 3 nitrogen and oxygen atoms in total. The van der Waals surface area contributed by atoms with E-state index in [2.05, 4.69) is 62.9 Å². The lowest BCUT2D eigenvalue weighted by molar-refractivity contribution is -0.128. The van der Waals surface area contributed by atoms with E-state index in [4.69, 9.17) is 17.0 Å². The average Bonchev–Trinajstić information content (AvgIpc) is 3.30. The summed E-state index contributed by atoms with van der Waals surface area (Å²) in [4.78, 5) is 15.3.